The lowest BCUT2D eigenvalue weighted by Crippen LogP contribution is -2.58. The highest BCUT2D eigenvalue weighted by atomic mass is 35.5. The number of likely N-dealkylation sites (N-methyl/N-ethyl adjacent to an activating group) is 1. The molecular formula is C39H39ClF3N9O3. The van der Waals surface area contributed by atoms with E-state index in [0.29, 0.717) is 78.6 Å². The van der Waals surface area contributed by atoms with Crippen LogP contribution in [0.2, 0.25) is 5.02 Å². The van der Waals surface area contributed by atoms with E-state index in [1.54, 1.807) is 30.3 Å². The third kappa shape index (κ3) is 6.65. The largest absolute Gasteiger partial charge is 0.461 e. The second-order valence-corrected chi connectivity index (χ2v) is 15.3. The van der Waals surface area contributed by atoms with Crippen molar-refractivity contribution in [2.75, 3.05) is 57.8 Å². The van der Waals surface area contributed by atoms with Gasteiger partial charge in [0.2, 0.25) is 5.91 Å². The fourth-order valence-electron chi connectivity index (χ4n) is 8.54. The Labute approximate surface area is 319 Å². The Hall–Kier alpha value is -4.86. The van der Waals surface area contributed by atoms with Gasteiger partial charge in [0, 0.05) is 73.5 Å². The number of amides is 1. The van der Waals surface area contributed by atoms with Crippen LogP contribution in [0.15, 0.2) is 53.2 Å². The maximum absolute atomic E-state index is 17.0. The molecule has 3 saturated heterocycles. The summed E-state index contributed by atoms with van der Waals surface area (Å²) in [6, 6.07) is 10.7. The maximum Gasteiger partial charge on any atom is 0.319 e. The molecular weight excluding hydrogens is 735 g/mol. The average molecular weight is 774 g/mol. The summed E-state index contributed by atoms with van der Waals surface area (Å²) in [5.41, 5.74) is 0.174. The average Bonchev–Trinajstić information content (AvgIpc) is 3.45. The molecule has 12 nitrogen and oxygen atoms in total. The quantitative estimate of drug-likeness (QED) is 0.175. The smallest absolute Gasteiger partial charge is 0.319 e. The van der Waals surface area contributed by atoms with Crippen LogP contribution in [-0.4, -0.2) is 118 Å². The van der Waals surface area contributed by atoms with Crippen LogP contribution in [0.1, 0.15) is 43.3 Å². The molecule has 4 fully saturated rings. The van der Waals surface area contributed by atoms with Crippen LogP contribution in [0.25, 0.3) is 39.0 Å². The van der Waals surface area contributed by atoms with E-state index in [0.717, 1.165) is 24.8 Å². The van der Waals surface area contributed by atoms with E-state index in [2.05, 4.69) is 30.3 Å². The summed E-state index contributed by atoms with van der Waals surface area (Å²) in [5.74, 6) is -0.422. The van der Waals surface area contributed by atoms with Crippen molar-refractivity contribution in [2.45, 2.75) is 55.5 Å². The molecule has 0 bridgehead atoms. The lowest BCUT2D eigenvalue weighted by atomic mass is 9.95. The number of aromatic nitrogens is 5. The fraction of sp³-hybridized carbons (Fsp3) is 0.436. The number of hydrogen-bond donors (Lipinski definition) is 1. The normalized spacial score (nSPS) is 25.4. The van der Waals surface area contributed by atoms with Crippen molar-refractivity contribution < 1.29 is 27.2 Å². The molecule has 4 aliphatic rings. The van der Waals surface area contributed by atoms with Crippen molar-refractivity contribution in [3.8, 4) is 17.3 Å². The summed E-state index contributed by atoms with van der Waals surface area (Å²) in [6.07, 6.45) is 4.95. The van der Waals surface area contributed by atoms with E-state index in [9.17, 15) is 13.6 Å². The number of halogens is 4. The van der Waals surface area contributed by atoms with Crippen molar-refractivity contribution in [1.82, 2.24) is 40.2 Å². The lowest BCUT2D eigenvalue weighted by molar-refractivity contribution is -0.128. The van der Waals surface area contributed by atoms with Gasteiger partial charge < -0.3 is 24.4 Å². The van der Waals surface area contributed by atoms with Gasteiger partial charge in [0.25, 0.3) is 5.89 Å². The molecule has 2 aromatic carbocycles. The summed E-state index contributed by atoms with van der Waals surface area (Å²) in [6.45, 7) is 2.81. The third-order valence-corrected chi connectivity index (χ3v) is 11.7. The van der Waals surface area contributed by atoms with E-state index >= 15 is 4.39 Å². The standard InChI is InChI=1S/C39H39ClF3N9O3/c1-44-17-24-20-50(13-14-52(24)31(53)10-9-30-46-36(49-55-30)26-15-29(26)42)37-27-18-45-34(25-7-2-5-22-6-3-8-28(40)32(22)25)33(43)35(27)47-38(48-37)54-21-39-11-4-12-51(39)19-23(41)16-39/h2-3,5-10,18,23-24,26,29,44H,4,11-17,19-21H2,1H3/b10-9+/t23-,24+,26+,29+,39+/m1/s1. The number of carbonyl (C=O) groups excluding carboxylic acids is 1. The minimum atomic E-state index is -0.962. The van der Waals surface area contributed by atoms with Crippen molar-refractivity contribution in [1.29, 1.82) is 0 Å². The van der Waals surface area contributed by atoms with E-state index in [1.165, 1.54) is 12.2 Å². The molecule has 286 valence electrons. The highest BCUT2D eigenvalue weighted by Crippen LogP contribution is 2.43. The summed E-state index contributed by atoms with van der Waals surface area (Å²) >= 11 is 6.64. The summed E-state index contributed by atoms with van der Waals surface area (Å²) in [5, 5.41) is 9.38. The lowest BCUT2D eigenvalue weighted by Gasteiger charge is -2.41. The maximum atomic E-state index is 17.0. The molecule has 1 amide bonds. The summed E-state index contributed by atoms with van der Waals surface area (Å²) < 4.78 is 56.6. The SMILES string of the molecule is CNC[C@H]1CN(c2nc(OC[C@@]34CCCN3C[C@H](F)C4)nc3c(F)c(-c4cccc5cccc(Cl)c45)ncc23)CCN1C(=O)/C=C/c1nc([C@H]2C[C@@H]2F)no1. The minimum absolute atomic E-state index is 0.0196. The van der Waals surface area contributed by atoms with Crippen LogP contribution in [0, 0.1) is 5.82 Å². The molecule has 1 N–H and O–H groups in total. The molecule has 0 radical (unpaired) electrons. The second-order valence-electron chi connectivity index (χ2n) is 14.9. The molecule has 16 heteroatoms. The van der Waals surface area contributed by atoms with Crippen LogP contribution in [0.3, 0.4) is 0 Å². The number of nitrogens with one attached hydrogen (secondary N) is 1. The number of hydrogen-bond acceptors (Lipinski definition) is 11. The first-order valence-electron chi connectivity index (χ1n) is 18.6. The number of pyridine rings is 1. The molecule has 0 unspecified atom stereocenters. The van der Waals surface area contributed by atoms with Crippen LogP contribution >= 0.6 is 11.6 Å². The molecule has 1 aliphatic carbocycles. The Morgan fingerprint density at radius 1 is 1.13 bits per heavy atom. The Morgan fingerprint density at radius 3 is 2.78 bits per heavy atom. The zero-order valence-corrected chi connectivity index (χ0v) is 30.9. The molecule has 6 heterocycles. The number of nitrogens with zero attached hydrogens (tertiary/aromatic N) is 8. The van der Waals surface area contributed by atoms with Crippen LogP contribution in [0.5, 0.6) is 6.01 Å². The predicted molar refractivity (Wildman–Crippen MR) is 201 cm³/mol. The Kier molecular flexibility index (Phi) is 9.33. The topological polar surface area (TPSA) is 126 Å². The number of fused-ring (bicyclic) bond motifs is 3. The first-order chi connectivity index (χ1) is 26.7. The van der Waals surface area contributed by atoms with Gasteiger partial charge in [-0.2, -0.15) is 15.0 Å². The predicted octanol–water partition coefficient (Wildman–Crippen LogP) is 5.75. The van der Waals surface area contributed by atoms with Gasteiger partial charge >= 0.3 is 6.01 Å². The highest BCUT2D eigenvalue weighted by Gasteiger charge is 2.49. The van der Waals surface area contributed by atoms with Crippen molar-refractivity contribution in [3.05, 3.63) is 71.2 Å². The highest BCUT2D eigenvalue weighted by molar-refractivity contribution is 6.36. The number of rotatable bonds is 10. The number of carbonyl (C=O) groups is 1. The third-order valence-electron chi connectivity index (χ3n) is 11.4. The zero-order chi connectivity index (χ0) is 37.8. The van der Waals surface area contributed by atoms with Gasteiger partial charge in [-0.25, -0.2) is 13.2 Å². The first kappa shape index (κ1) is 35.8. The number of piperazine rings is 1. The Morgan fingerprint density at radius 2 is 1.96 bits per heavy atom. The van der Waals surface area contributed by atoms with Crippen LogP contribution < -0.4 is 15.0 Å². The molecule has 5 aromatic rings. The van der Waals surface area contributed by atoms with Crippen LogP contribution in [-0.2, 0) is 4.79 Å². The summed E-state index contributed by atoms with van der Waals surface area (Å²) in [7, 11) is 1.80. The van der Waals surface area contributed by atoms with E-state index in [1.807, 2.05) is 29.2 Å². The van der Waals surface area contributed by atoms with Gasteiger partial charge in [0.1, 0.15) is 36.0 Å². The second kappa shape index (κ2) is 14.3. The van der Waals surface area contributed by atoms with E-state index in [-0.39, 0.29) is 47.6 Å². The first-order valence-corrected chi connectivity index (χ1v) is 19.0. The van der Waals surface area contributed by atoms with Crippen molar-refractivity contribution >= 4 is 51.1 Å². The monoisotopic (exact) mass is 773 g/mol. The number of benzene rings is 2. The van der Waals surface area contributed by atoms with Gasteiger partial charge in [-0.15, -0.1) is 0 Å². The van der Waals surface area contributed by atoms with Gasteiger partial charge in [-0.3, -0.25) is 14.7 Å². The fourth-order valence-corrected chi connectivity index (χ4v) is 8.82. The van der Waals surface area contributed by atoms with Crippen molar-refractivity contribution in [3.63, 3.8) is 0 Å². The molecule has 55 heavy (non-hydrogen) atoms. The Balaban J connectivity index is 1.05. The number of alkyl halides is 2. The molecule has 0 spiro atoms. The van der Waals surface area contributed by atoms with E-state index in [4.69, 9.17) is 25.8 Å². The van der Waals surface area contributed by atoms with Gasteiger partial charge in [-0.05, 0) is 44.3 Å². The molecule has 5 atom stereocenters. The van der Waals surface area contributed by atoms with Gasteiger partial charge in [0.15, 0.2) is 11.6 Å². The van der Waals surface area contributed by atoms with Gasteiger partial charge in [-0.1, -0.05) is 47.1 Å². The van der Waals surface area contributed by atoms with Crippen LogP contribution in [0.4, 0.5) is 19.0 Å². The molecule has 9 rings (SSSR count). The molecule has 1 saturated carbocycles. The number of anilines is 1. The molecule has 3 aromatic heterocycles. The van der Waals surface area contributed by atoms with Gasteiger partial charge in [0.05, 0.1) is 22.9 Å². The Bertz CT molecular complexity index is 2310. The molecule has 3 aliphatic heterocycles. The van der Waals surface area contributed by atoms with Crippen molar-refractivity contribution in [2.24, 2.45) is 0 Å². The number of ether oxygens (including phenoxy) is 1. The zero-order valence-electron chi connectivity index (χ0n) is 30.1. The van der Waals surface area contributed by atoms with E-state index < -0.39 is 23.7 Å². The minimum Gasteiger partial charge on any atom is -0.461 e. The summed E-state index contributed by atoms with van der Waals surface area (Å²) in [4.78, 5) is 37.7.